The van der Waals surface area contributed by atoms with E-state index in [1.807, 2.05) is 13.0 Å². The first-order valence-electron chi connectivity index (χ1n) is 12.0. The molecule has 186 valence electrons. The monoisotopic (exact) mass is 481 g/mol. The molecule has 0 radical (unpaired) electrons. The number of likely N-dealkylation sites (tertiary alicyclic amines) is 1. The summed E-state index contributed by atoms with van der Waals surface area (Å²) in [5.41, 5.74) is 0.557. The van der Waals surface area contributed by atoms with E-state index < -0.39 is 0 Å². The van der Waals surface area contributed by atoms with Gasteiger partial charge in [0, 0.05) is 6.54 Å². The lowest BCUT2D eigenvalue weighted by atomic mass is 9.96. The molecule has 0 saturated carbocycles. The minimum atomic E-state index is -0.322. The van der Waals surface area contributed by atoms with E-state index in [4.69, 9.17) is 18.6 Å². The zero-order valence-electron chi connectivity index (χ0n) is 20.3. The lowest BCUT2D eigenvalue weighted by Gasteiger charge is -2.31. The van der Waals surface area contributed by atoms with E-state index in [0.29, 0.717) is 79.5 Å². The summed E-state index contributed by atoms with van der Waals surface area (Å²) in [5.74, 6) is 1.15. The van der Waals surface area contributed by atoms with Crippen LogP contribution in [-0.2, 0) is 16.1 Å². The Bertz CT molecular complexity index is 1260. The molecule has 0 atom stereocenters. The lowest BCUT2D eigenvalue weighted by Crippen LogP contribution is -2.36. The van der Waals surface area contributed by atoms with Gasteiger partial charge in [0.1, 0.15) is 17.1 Å². The maximum absolute atomic E-state index is 13.4. The van der Waals surface area contributed by atoms with Crippen LogP contribution in [0, 0.1) is 12.8 Å². The number of aryl methyl sites for hydroxylation is 1. The Balaban J connectivity index is 1.61. The van der Waals surface area contributed by atoms with Crippen molar-refractivity contribution < 1.29 is 28.5 Å². The van der Waals surface area contributed by atoms with Gasteiger partial charge >= 0.3 is 5.97 Å². The van der Waals surface area contributed by atoms with Gasteiger partial charge in [-0.3, -0.25) is 14.5 Å². The second-order valence-electron chi connectivity index (χ2n) is 8.54. The minimum Gasteiger partial charge on any atom is -0.507 e. The molecule has 2 heterocycles. The summed E-state index contributed by atoms with van der Waals surface area (Å²) >= 11 is 0. The summed E-state index contributed by atoms with van der Waals surface area (Å²) in [6, 6.07) is 10.2. The van der Waals surface area contributed by atoms with E-state index in [1.165, 1.54) is 6.07 Å². The topological polar surface area (TPSA) is 98.4 Å². The van der Waals surface area contributed by atoms with Gasteiger partial charge in [-0.2, -0.15) is 0 Å². The number of phenolic OH excluding ortho intramolecular Hbond substituents is 1. The number of hydrogen-bond donors (Lipinski definition) is 1. The molecule has 2 aromatic carbocycles. The largest absolute Gasteiger partial charge is 0.507 e. The normalized spacial score (nSPS) is 14.7. The Hall–Kier alpha value is -3.52. The molecule has 0 aliphatic carbocycles. The molecule has 1 aliphatic rings. The molecule has 0 unspecified atom stereocenters. The standard InChI is InChI=1S/C27H31NO7/c1-4-32-22-8-6-7-9-23(22)35-25-17(3)34-26-19(24(25)30)10-11-21(29)20(26)16-28-14-12-18(13-15-28)27(31)33-5-2/h6-11,18,29H,4-5,12-16H2,1-3H3. The molecule has 1 N–H and O–H groups in total. The Labute approximate surface area is 204 Å². The van der Waals surface area contributed by atoms with E-state index >= 15 is 0 Å². The number of para-hydroxylation sites is 2. The fraction of sp³-hybridized carbons (Fsp3) is 0.407. The van der Waals surface area contributed by atoms with Crippen molar-refractivity contribution in [3.05, 3.63) is 57.9 Å². The van der Waals surface area contributed by atoms with Crippen molar-refractivity contribution in [2.24, 2.45) is 5.92 Å². The van der Waals surface area contributed by atoms with Gasteiger partial charge in [-0.1, -0.05) is 12.1 Å². The molecule has 1 saturated heterocycles. The van der Waals surface area contributed by atoms with Gasteiger partial charge in [-0.25, -0.2) is 0 Å². The molecule has 1 fully saturated rings. The number of piperidine rings is 1. The summed E-state index contributed by atoms with van der Waals surface area (Å²) in [7, 11) is 0. The van der Waals surface area contributed by atoms with Gasteiger partial charge in [0.05, 0.1) is 30.1 Å². The molecule has 0 amide bonds. The molecule has 8 heteroatoms. The second-order valence-corrected chi connectivity index (χ2v) is 8.54. The van der Waals surface area contributed by atoms with Crippen LogP contribution in [0.4, 0.5) is 0 Å². The average molecular weight is 482 g/mol. The molecule has 0 bridgehead atoms. The average Bonchev–Trinajstić information content (AvgIpc) is 2.85. The number of fused-ring (bicyclic) bond motifs is 1. The highest BCUT2D eigenvalue weighted by atomic mass is 16.5. The third-order valence-corrected chi connectivity index (χ3v) is 6.21. The fourth-order valence-corrected chi connectivity index (χ4v) is 4.40. The molecule has 35 heavy (non-hydrogen) atoms. The summed E-state index contributed by atoms with van der Waals surface area (Å²) in [6.07, 6.45) is 1.37. The van der Waals surface area contributed by atoms with Gasteiger partial charge in [-0.15, -0.1) is 0 Å². The van der Waals surface area contributed by atoms with Crippen molar-refractivity contribution in [3.63, 3.8) is 0 Å². The summed E-state index contributed by atoms with van der Waals surface area (Å²) in [5, 5.41) is 10.9. The van der Waals surface area contributed by atoms with Crippen LogP contribution < -0.4 is 14.9 Å². The highest BCUT2D eigenvalue weighted by molar-refractivity contribution is 5.83. The van der Waals surface area contributed by atoms with Crippen LogP contribution in [0.1, 0.15) is 38.0 Å². The molecular weight excluding hydrogens is 450 g/mol. The number of carbonyl (C=O) groups is 1. The first kappa shape index (κ1) is 24.6. The van der Waals surface area contributed by atoms with E-state index in [-0.39, 0.29) is 28.8 Å². The molecule has 3 aromatic rings. The van der Waals surface area contributed by atoms with Crippen LogP contribution in [0.3, 0.4) is 0 Å². The number of aromatic hydroxyl groups is 1. The van der Waals surface area contributed by atoms with Gasteiger partial charge in [-0.05, 0) is 71.0 Å². The number of esters is 1. The van der Waals surface area contributed by atoms with Gasteiger partial charge in [0.15, 0.2) is 11.5 Å². The highest BCUT2D eigenvalue weighted by Crippen LogP contribution is 2.35. The molecule has 0 spiro atoms. The van der Waals surface area contributed by atoms with Gasteiger partial charge < -0.3 is 23.7 Å². The lowest BCUT2D eigenvalue weighted by molar-refractivity contribution is -0.149. The molecule has 1 aliphatic heterocycles. The third-order valence-electron chi connectivity index (χ3n) is 6.21. The van der Waals surface area contributed by atoms with E-state index in [0.717, 1.165) is 0 Å². The van der Waals surface area contributed by atoms with Crippen molar-refractivity contribution in [2.75, 3.05) is 26.3 Å². The summed E-state index contributed by atoms with van der Waals surface area (Å²) < 4.78 is 22.8. The van der Waals surface area contributed by atoms with Crippen molar-refractivity contribution in [1.29, 1.82) is 0 Å². The SMILES string of the molecule is CCOC(=O)C1CCN(Cc2c(O)ccc3c(=O)c(Oc4ccccc4OCC)c(C)oc23)CC1. The van der Waals surface area contributed by atoms with Crippen molar-refractivity contribution in [3.8, 4) is 23.0 Å². The van der Waals surface area contributed by atoms with Gasteiger partial charge in [0.25, 0.3) is 0 Å². The van der Waals surface area contributed by atoms with Gasteiger partial charge in [0.2, 0.25) is 11.2 Å². The third kappa shape index (κ3) is 5.27. The maximum Gasteiger partial charge on any atom is 0.309 e. The Morgan fingerprint density at radius 2 is 1.80 bits per heavy atom. The smallest absolute Gasteiger partial charge is 0.309 e. The molecule has 8 nitrogen and oxygen atoms in total. The Kier molecular flexibility index (Phi) is 7.60. The number of rotatable bonds is 8. The summed E-state index contributed by atoms with van der Waals surface area (Å²) in [4.78, 5) is 27.6. The van der Waals surface area contributed by atoms with Crippen LogP contribution in [0.5, 0.6) is 23.0 Å². The number of phenols is 1. The first-order valence-corrected chi connectivity index (χ1v) is 12.0. The molecule has 1 aromatic heterocycles. The highest BCUT2D eigenvalue weighted by Gasteiger charge is 2.27. The van der Waals surface area contributed by atoms with Crippen molar-refractivity contribution in [2.45, 2.75) is 40.2 Å². The quantitative estimate of drug-likeness (QED) is 0.459. The van der Waals surface area contributed by atoms with E-state index in [2.05, 4.69) is 4.90 Å². The van der Waals surface area contributed by atoms with Crippen LogP contribution >= 0.6 is 0 Å². The van der Waals surface area contributed by atoms with Crippen LogP contribution in [0.2, 0.25) is 0 Å². The molecule has 4 rings (SSSR count). The van der Waals surface area contributed by atoms with Crippen molar-refractivity contribution in [1.82, 2.24) is 4.90 Å². The fourth-order valence-electron chi connectivity index (χ4n) is 4.40. The predicted octanol–water partition coefficient (Wildman–Crippen LogP) is 4.77. The number of benzene rings is 2. The number of carbonyl (C=O) groups excluding carboxylic acids is 1. The van der Waals surface area contributed by atoms with Crippen LogP contribution in [0.25, 0.3) is 11.0 Å². The second kappa shape index (κ2) is 10.8. The van der Waals surface area contributed by atoms with E-state index in [9.17, 15) is 14.7 Å². The van der Waals surface area contributed by atoms with Crippen LogP contribution in [0.15, 0.2) is 45.6 Å². The zero-order chi connectivity index (χ0) is 24.9. The number of nitrogens with zero attached hydrogens (tertiary/aromatic N) is 1. The predicted molar refractivity (Wildman–Crippen MR) is 131 cm³/mol. The van der Waals surface area contributed by atoms with Crippen molar-refractivity contribution >= 4 is 16.9 Å². The number of ether oxygens (including phenoxy) is 3. The minimum absolute atomic E-state index is 0.0583. The Morgan fingerprint density at radius 1 is 1.09 bits per heavy atom. The van der Waals surface area contributed by atoms with E-state index in [1.54, 1.807) is 38.1 Å². The van der Waals surface area contributed by atoms with Crippen LogP contribution in [-0.4, -0.2) is 42.3 Å². The Morgan fingerprint density at radius 3 is 2.49 bits per heavy atom. The number of hydrogen-bond acceptors (Lipinski definition) is 8. The summed E-state index contributed by atoms with van der Waals surface area (Å²) in [6.45, 7) is 7.94. The molecular formula is C27H31NO7. The maximum atomic E-state index is 13.4. The zero-order valence-corrected chi connectivity index (χ0v) is 20.3. The first-order chi connectivity index (χ1) is 16.9.